The lowest BCUT2D eigenvalue weighted by Gasteiger charge is -2.14. The first-order chi connectivity index (χ1) is 8.91. The third-order valence-electron chi connectivity index (χ3n) is 2.53. The van der Waals surface area contributed by atoms with Crippen LogP contribution in [-0.2, 0) is 16.1 Å². The number of carbonyl (C=O) groups is 2. The quantitative estimate of drug-likeness (QED) is 0.713. The van der Waals surface area contributed by atoms with Crippen LogP contribution >= 0.6 is 11.6 Å². The van der Waals surface area contributed by atoms with Crippen molar-refractivity contribution in [3.63, 3.8) is 0 Å². The van der Waals surface area contributed by atoms with Crippen LogP contribution in [0.3, 0.4) is 0 Å². The lowest BCUT2D eigenvalue weighted by atomic mass is 10.1. The third kappa shape index (κ3) is 4.84. The average molecular weight is 290 g/mol. The van der Waals surface area contributed by atoms with Crippen LogP contribution in [0, 0.1) is 5.82 Å². The first kappa shape index (κ1) is 15.4. The fraction of sp³-hybridized carbons (Fsp3) is 0.333. The van der Waals surface area contributed by atoms with Gasteiger partial charge in [0.15, 0.2) is 0 Å². The average Bonchev–Trinajstić information content (AvgIpc) is 2.31. The van der Waals surface area contributed by atoms with Gasteiger partial charge in [0.1, 0.15) is 11.9 Å². The van der Waals surface area contributed by atoms with E-state index in [1.165, 1.54) is 18.2 Å². The topological polar surface area (TPSA) is 86.6 Å². The maximum Gasteiger partial charge on any atom is 0.320 e. The maximum absolute atomic E-state index is 13.5. The molecule has 0 saturated heterocycles. The van der Waals surface area contributed by atoms with Crippen LogP contribution in [0.4, 0.5) is 4.39 Å². The second-order valence-electron chi connectivity index (χ2n) is 3.90. The van der Waals surface area contributed by atoms with E-state index in [1.54, 1.807) is 0 Å². The lowest BCUT2D eigenvalue weighted by molar-refractivity contribution is -0.140. The Kier molecular flexibility index (Phi) is 5.72. The summed E-state index contributed by atoms with van der Waals surface area (Å²) < 4.78 is 13.5. The summed E-state index contributed by atoms with van der Waals surface area (Å²) in [5.74, 6) is -2.81. The van der Waals surface area contributed by atoms with E-state index in [-0.39, 0.29) is 30.0 Å². The second-order valence-corrected chi connectivity index (χ2v) is 4.31. The Morgan fingerprint density at radius 1 is 1.37 bits per heavy atom. The maximum atomic E-state index is 13.5. The number of carboxylic acid groups (broad SMARTS) is 2. The highest BCUT2D eigenvalue weighted by Crippen LogP contribution is 2.18. The number of aliphatic carboxylic acids is 2. The Labute approximate surface area is 114 Å². The minimum absolute atomic E-state index is 0.0813. The summed E-state index contributed by atoms with van der Waals surface area (Å²) in [7, 11) is 0. The van der Waals surface area contributed by atoms with E-state index in [0.29, 0.717) is 0 Å². The molecular formula is C12H13ClFNO4. The molecule has 0 aliphatic rings. The van der Waals surface area contributed by atoms with Gasteiger partial charge in [0.2, 0.25) is 0 Å². The highest BCUT2D eigenvalue weighted by Gasteiger charge is 2.19. The molecular weight excluding hydrogens is 277 g/mol. The number of halogens is 2. The number of benzene rings is 1. The Bertz CT molecular complexity index is 461. The van der Waals surface area contributed by atoms with Crippen molar-refractivity contribution in [1.29, 1.82) is 0 Å². The first-order valence-electron chi connectivity index (χ1n) is 5.52. The molecule has 1 aromatic carbocycles. The normalized spacial score (nSPS) is 12.1. The molecule has 5 nitrogen and oxygen atoms in total. The van der Waals surface area contributed by atoms with E-state index in [4.69, 9.17) is 21.8 Å². The molecule has 104 valence electrons. The summed E-state index contributed by atoms with van der Waals surface area (Å²) >= 11 is 5.80. The van der Waals surface area contributed by atoms with Crippen LogP contribution in [0.25, 0.3) is 0 Å². The highest BCUT2D eigenvalue weighted by molar-refractivity contribution is 6.31. The number of carboxylic acids is 2. The van der Waals surface area contributed by atoms with Gasteiger partial charge >= 0.3 is 11.9 Å². The van der Waals surface area contributed by atoms with Crippen molar-refractivity contribution in [3.05, 3.63) is 34.6 Å². The van der Waals surface area contributed by atoms with E-state index in [2.05, 4.69) is 5.32 Å². The van der Waals surface area contributed by atoms with Crippen molar-refractivity contribution >= 4 is 23.5 Å². The van der Waals surface area contributed by atoms with E-state index in [0.717, 1.165) is 0 Å². The molecule has 0 aliphatic heterocycles. The van der Waals surface area contributed by atoms with Crippen LogP contribution in [-0.4, -0.2) is 28.2 Å². The third-order valence-corrected chi connectivity index (χ3v) is 2.89. The highest BCUT2D eigenvalue weighted by atomic mass is 35.5. The summed E-state index contributed by atoms with van der Waals surface area (Å²) in [6.07, 6.45) is -0.369. The second kappa shape index (κ2) is 7.06. The summed E-state index contributed by atoms with van der Waals surface area (Å²) in [5, 5.41) is 20.2. The number of hydrogen-bond donors (Lipinski definition) is 3. The van der Waals surface area contributed by atoms with Crippen molar-refractivity contribution in [1.82, 2.24) is 5.32 Å². The van der Waals surface area contributed by atoms with Crippen LogP contribution in [0.5, 0.6) is 0 Å². The number of hydrogen-bond acceptors (Lipinski definition) is 3. The molecule has 0 aliphatic carbocycles. The Morgan fingerprint density at radius 2 is 2.05 bits per heavy atom. The Hall–Kier alpha value is -1.66. The van der Waals surface area contributed by atoms with Gasteiger partial charge in [-0.15, -0.1) is 0 Å². The molecule has 0 saturated carbocycles. The van der Waals surface area contributed by atoms with Gasteiger partial charge in [0.05, 0.1) is 0 Å². The fourth-order valence-electron chi connectivity index (χ4n) is 1.51. The zero-order valence-electron chi connectivity index (χ0n) is 9.90. The molecule has 19 heavy (non-hydrogen) atoms. The SMILES string of the molecule is O=C(O)CCC(NCc1c(F)cccc1Cl)C(=O)O. The van der Waals surface area contributed by atoms with Crippen LogP contribution in [0.1, 0.15) is 18.4 Å². The van der Waals surface area contributed by atoms with Crippen molar-refractivity contribution < 1.29 is 24.2 Å². The molecule has 0 bridgehead atoms. The molecule has 1 rings (SSSR count). The Balaban J connectivity index is 2.66. The molecule has 0 fully saturated rings. The molecule has 0 aromatic heterocycles. The van der Waals surface area contributed by atoms with Gasteiger partial charge in [0, 0.05) is 23.6 Å². The zero-order chi connectivity index (χ0) is 14.4. The summed E-state index contributed by atoms with van der Waals surface area (Å²) in [5.41, 5.74) is 0.158. The molecule has 0 heterocycles. The Morgan fingerprint density at radius 3 is 2.58 bits per heavy atom. The van der Waals surface area contributed by atoms with Crippen molar-refractivity contribution in [2.75, 3.05) is 0 Å². The molecule has 1 unspecified atom stereocenters. The molecule has 0 radical (unpaired) electrons. The molecule has 3 N–H and O–H groups in total. The van der Waals surface area contributed by atoms with E-state index in [9.17, 15) is 14.0 Å². The monoisotopic (exact) mass is 289 g/mol. The van der Waals surface area contributed by atoms with E-state index in [1.807, 2.05) is 0 Å². The van der Waals surface area contributed by atoms with E-state index >= 15 is 0 Å². The number of nitrogens with one attached hydrogen (secondary N) is 1. The molecule has 1 atom stereocenters. The van der Waals surface area contributed by atoms with Gasteiger partial charge in [-0.1, -0.05) is 17.7 Å². The molecule has 0 amide bonds. The molecule has 0 spiro atoms. The minimum atomic E-state index is -1.19. The largest absolute Gasteiger partial charge is 0.481 e. The van der Waals surface area contributed by atoms with Crippen LogP contribution in [0.2, 0.25) is 5.02 Å². The smallest absolute Gasteiger partial charge is 0.320 e. The molecule has 1 aromatic rings. The summed E-state index contributed by atoms with van der Waals surface area (Å²) in [6.45, 7) is -0.0813. The summed E-state index contributed by atoms with van der Waals surface area (Å²) in [4.78, 5) is 21.3. The van der Waals surface area contributed by atoms with Gasteiger partial charge in [-0.25, -0.2) is 4.39 Å². The minimum Gasteiger partial charge on any atom is -0.481 e. The van der Waals surface area contributed by atoms with Gasteiger partial charge in [-0.05, 0) is 18.6 Å². The van der Waals surface area contributed by atoms with Gasteiger partial charge in [-0.3, -0.25) is 9.59 Å². The van der Waals surface area contributed by atoms with Gasteiger partial charge < -0.3 is 15.5 Å². The zero-order valence-corrected chi connectivity index (χ0v) is 10.7. The van der Waals surface area contributed by atoms with Crippen molar-refractivity contribution in [3.8, 4) is 0 Å². The van der Waals surface area contributed by atoms with Gasteiger partial charge in [0.25, 0.3) is 0 Å². The number of rotatable bonds is 7. The lowest BCUT2D eigenvalue weighted by Crippen LogP contribution is -2.36. The van der Waals surface area contributed by atoms with Gasteiger partial charge in [-0.2, -0.15) is 0 Å². The predicted molar refractivity (Wildman–Crippen MR) is 66.5 cm³/mol. The molecule has 7 heteroatoms. The van der Waals surface area contributed by atoms with E-state index < -0.39 is 23.8 Å². The standard InChI is InChI=1S/C12H13ClFNO4/c13-8-2-1-3-9(14)7(8)6-15-10(12(18)19)4-5-11(16)17/h1-3,10,15H,4-6H2,(H,16,17)(H,18,19). The predicted octanol–water partition coefficient (Wildman–Crippen LogP) is 1.89. The summed E-state index contributed by atoms with van der Waals surface area (Å²) in [6, 6.07) is 3.09. The first-order valence-corrected chi connectivity index (χ1v) is 5.90. The van der Waals surface area contributed by atoms with Crippen molar-refractivity contribution in [2.24, 2.45) is 0 Å². The fourth-order valence-corrected chi connectivity index (χ4v) is 1.74. The van der Waals surface area contributed by atoms with Crippen LogP contribution < -0.4 is 5.32 Å². The van der Waals surface area contributed by atoms with Crippen molar-refractivity contribution in [2.45, 2.75) is 25.4 Å². The van der Waals surface area contributed by atoms with Crippen LogP contribution in [0.15, 0.2) is 18.2 Å².